The average Bonchev–Trinajstić information content (AvgIpc) is 4.02. The maximum Gasteiger partial charge on any atom is 0.227 e. The van der Waals surface area contributed by atoms with Crippen LogP contribution in [0.25, 0.3) is 100.0 Å². The summed E-state index contributed by atoms with van der Waals surface area (Å²) in [6, 6.07) is 62.3. The van der Waals surface area contributed by atoms with Crippen LogP contribution in [0.4, 0.5) is 17.1 Å². The van der Waals surface area contributed by atoms with Gasteiger partial charge in [0.05, 0.1) is 5.69 Å². The Kier molecular flexibility index (Phi) is 7.09. The lowest BCUT2D eigenvalue weighted by Crippen LogP contribution is -2.10. The number of aromatic nitrogens is 3. The van der Waals surface area contributed by atoms with Crippen molar-refractivity contribution in [3.63, 3.8) is 0 Å². The summed E-state index contributed by atoms with van der Waals surface area (Å²) in [5.74, 6) is 1.22. The Balaban J connectivity index is 0.939. The number of furan rings is 1. The second-order valence-corrected chi connectivity index (χ2v) is 14.5. The molecule has 0 aliphatic heterocycles. The number of oxazole rings is 2. The highest BCUT2D eigenvalue weighted by atomic mass is 16.4. The quantitative estimate of drug-likeness (QED) is 0.168. The van der Waals surface area contributed by atoms with Gasteiger partial charge < -0.3 is 18.2 Å². The Labute approximate surface area is 331 Å². The van der Waals surface area contributed by atoms with Crippen LogP contribution < -0.4 is 4.90 Å². The van der Waals surface area contributed by atoms with Crippen LogP contribution in [0.15, 0.2) is 195 Å². The summed E-state index contributed by atoms with van der Waals surface area (Å²) in [6.07, 6.45) is 0. The van der Waals surface area contributed by atoms with E-state index in [1.165, 1.54) is 0 Å². The normalized spacial score (nSPS) is 11.8. The molecule has 0 spiro atoms. The fraction of sp³-hybridized carbons (Fsp3) is 0. The molecule has 0 unspecified atom stereocenters. The highest BCUT2D eigenvalue weighted by Gasteiger charge is 2.17. The molecular weight excluding hydrogens is 717 g/mol. The third-order valence-electron chi connectivity index (χ3n) is 10.9. The number of para-hydroxylation sites is 5. The maximum atomic E-state index is 6.12. The van der Waals surface area contributed by atoms with E-state index in [1.807, 2.05) is 66.7 Å². The van der Waals surface area contributed by atoms with Gasteiger partial charge >= 0.3 is 0 Å². The summed E-state index contributed by atoms with van der Waals surface area (Å²) < 4.78 is 18.3. The van der Waals surface area contributed by atoms with Gasteiger partial charge in [0.2, 0.25) is 17.5 Å². The molecular formula is C51H30N4O3. The summed E-state index contributed by atoms with van der Waals surface area (Å²) >= 11 is 0. The topological polar surface area (TPSA) is 81.3 Å². The van der Waals surface area contributed by atoms with Gasteiger partial charge in [-0.05, 0) is 125 Å². The molecule has 0 saturated carbocycles. The number of hydrogen-bond acceptors (Lipinski definition) is 7. The molecule has 4 aromatic heterocycles. The number of rotatable bonds is 6. The fourth-order valence-electron chi connectivity index (χ4n) is 8.00. The van der Waals surface area contributed by atoms with Crippen LogP contribution in [-0.2, 0) is 0 Å². The minimum absolute atomic E-state index is 0.610. The van der Waals surface area contributed by atoms with Crippen molar-refractivity contribution in [1.82, 2.24) is 15.0 Å². The second kappa shape index (κ2) is 12.8. The third-order valence-corrected chi connectivity index (χ3v) is 10.9. The summed E-state index contributed by atoms with van der Waals surface area (Å²) in [5.41, 5.74) is 11.5. The van der Waals surface area contributed by atoms with Gasteiger partial charge in [0.15, 0.2) is 11.2 Å². The molecule has 0 fully saturated rings. The van der Waals surface area contributed by atoms with Crippen molar-refractivity contribution in [3.8, 4) is 34.2 Å². The molecule has 0 aliphatic rings. The minimum atomic E-state index is 0.610. The van der Waals surface area contributed by atoms with E-state index in [9.17, 15) is 0 Å². The first-order chi connectivity index (χ1) is 28.7. The van der Waals surface area contributed by atoms with Crippen molar-refractivity contribution in [2.75, 3.05) is 4.90 Å². The summed E-state index contributed by atoms with van der Waals surface area (Å²) in [6.45, 7) is 0. The zero-order valence-electron chi connectivity index (χ0n) is 30.8. The molecule has 8 aromatic carbocycles. The molecule has 7 heteroatoms. The Morgan fingerprint density at radius 1 is 0.345 bits per heavy atom. The van der Waals surface area contributed by atoms with Gasteiger partial charge in [-0.3, -0.25) is 0 Å². The monoisotopic (exact) mass is 746 g/mol. The number of anilines is 3. The van der Waals surface area contributed by atoms with Gasteiger partial charge in [0, 0.05) is 44.5 Å². The van der Waals surface area contributed by atoms with Crippen molar-refractivity contribution in [2.45, 2.75) is 0 Å². The number of fused-ring (bicyclic) bond motifs is 7. The van der Waals surface area contributed by atoms with Crippen LogP contribution in [0.3, 0.4) is 0 Å². The van der Waals surface area contributed by atoms with Crippen molar-refractivity contribution >= 4 is 82.9 Å². The number of pyridine rings is 1. The highest BCUT2D eigenvalue weighted by molar-refractivity contribution is 6.04. The fourth-order valence-corrected chi connectivity index (χ4v) is 8.00. The molecule has 58 heavy (non-hydrogen) atoms. The Morgan fingerprint density at radius 3 is 1.45 bits per heavy atom. The smallest absolute Gasteiger partial charge is 0.227 e. The summed E-state index contributed by atoms with van der Waals surface area (Å²) in [7, 11) is 0. The summed E-state index contributed by atoms with van der Waals surface area (Å²) in [5, 5.41) is 6.47. The van der Waals surface area contributed by atoms with E-state index in [0.717, 1.165) is 99.5 Å². The second-order valence-electron chi connectivity index (χ2n) is 14.5. The van der Waals surface area contributed by atoms with Gasteiger partial charge in [0.25, 0.3) is 0 Å². The standard InChI is InChI=1S/C51H30N4O3/c1-4-10-46-41(7-1)42-25-26-43(52-51(42)56-46)31-17-21-38(22-18-31)55(39-23-19-32-27-36(15-13-34(32)29-39)49-53-44-8-2-5-11-47(44)57-49)40-24-20-33-28-37(16-14-35(33)30-40)50-54-45-9-3-6-12-48(45)58-50/h1-30H. The molecule has 12 aromatic rings. The first kappa shape index (κ1) is 32.2. The molecule has 0 N–H and O–H groups in total. The molecule has 0 atom stereocenters. The molecule has 12 rings (SSSR count). The maximum absolute atomic E-state index is 6.12. The predicted octanol–water partition coefficient (Wildman–Crippen LogP) is 14.0. The van der Waals surface area contributed by atoms with E-state index in [4.69, 9.17) is 28.2 Å². The van der Waals surface area contributed by atoms with Gasteiger partial charge in [-0.2, -0.15) is 0 Å². The largest absolute Gasteiger partial charge is 0.438 e. The Morgan fingerprint density at radius 2 is 0.845 bits per heavy atom. The van der Waals surface area contributed by atoms with Crippen molar-refractivity contribution in [2.24, 2.45) is 0 Å². The van der Waals surface area contributed by atoms with E-state index >= 15 is 0 Å². The van der Waals surface area contributed by atoms with E-state index in [0.29, 0.717) is 17.5 Å². The molecule has 272 valence electrons. The first-order valence-corrected chi connectivity index (χ1v) is 19.2. The van der Waals surface area contributed by atoms with Crippen LogP contribution in [0.2, 0.25) is 0 Å². The first-order valence-electron chi connectivity index (χ1n) is 19.2. The van der Waals surface area contributed by atoms with E-state index in [2.05, 4.69) is 120 Å². The van der Waals surface area contributed by atoms with Crippen LogP contribution in [0, 0.1) is 0 Å². The third kappa shape index (κ3) is 5.40. The van der Waals surface area contributed by atoms with Crippen LogP contribution in [0.1, 0.15) is 0 Å². The van der Waals surface area contributed by atoms with Crippen LogP contribution >= 0.6 is 0 Å². The SMILES string of the molecule is c1ccc2oc(-c3ccc4cc(N(c5ccc(-c6ccc7c(n6)oc6ccccc67)cc5)c5ccc6cc(-c7nc8ccccc8o7)ccc6c5)ccc4c3)nc2c1. The van der Waals surface area contributed by atoms with Crippen LogP contribution in [0.5, 0.6) is 0 Å². The molecule has 0 radical (unpaired) electrons. The van der Waals surface area contributed by atoms with Gasteiger partial charge in [-0.25, -0.2) is 15.0 Å². The molecule has 7 nitrogen and oxygen atoms in total. The van der Waals surface area contributed by atoms with Crippen molar-refractivity contribution in [1.29, 1.82) is 0 Å². The minimum Gasteiger partial charge on any atom is -0.438 e. The number of nitrogens with zero attached hydrogens (tertiary/aromatic N) is 4. The molecule has 0 saturated heterocycles. The van der Waals surface area contributed by atoms with E-state index < -0.39 is 0 Å². The Bertz CT molecular complexity index is 3320. The lowest BCUT2D eigenvalue weighted by molar-refractivity contribution is 0.619. The van der Waals surface area contributed by atoms with Crippen molar-refractivity contribution in [3.05, 3.63) is 182 Å². The lowest BCUT2D eigenvalue weighted by atomic mass is 10.0. The number of benzene rings is 8. The van der Waals surface area contributed by atoms with Gasteiger partial charge in [0.1, 0.15) is 16.6 Å². The summed E-state index contributed by atoms with van der Waals surface area (Å²) in [4.78, 5) is 16.7. The Hall–Kier alpha value is -8.03. The van der Waals surface area contributed by atoms with Crippen molar-refractivity contribution < 1.29 is 13.3 Å². The zero-order chi connectivity index (χ0) is 38.2. The van der Waals surface area contributed by atoms with E-state index in [-0.39, 0.29) is 0 Å². The van der Waals surface area contributed by atoms with Gasteiger partial charge in [-0.15, -0.1) is 0 Å². The predicted molar refractivity (Wildman–Crippen MR) is 233 cm³/mol. The molecule has 0 bridgehead atoms. The van der Waals surface area contributed by atoms with E-state index in [1.54, 1.807) is 0 Å². The zero-order valence-corrected chi connectivity index (χ0v) is 30.8. The average molecular weight is 747 g/mol. The molecule has 0 amide bonds. The van der Waals surface area contributed by atoms with Gasteiger partial charge in [-0.1, -0.05) is 78.9 Å². The lowest BCUT2D eigenvalue weighted by Gasteiger charge is -2.26. The van der Waals surface area contributed by atoms with Crippen LogP contribution in [-0.4, -0.2) is 15.0 Å². The highest BCUT2D eigenvalue weighted by Crippen LogP contribution is 2.40. The molecule has 4 heterocycles. The number of hydrogen-bond donors (Lipinski definition) is 0. The molecule has 0 aliphatic carbocycles.